The van der Waals surface area contributed by atoms with E-state index in [1.807, 2.05) is 6.07 Å². The second kappa shape index (κ2) is 9.52. The van der Waals surface area contributed by atoms with Crippen LogP contribution in [0.2, 0.25) is 0 Å². The van der Waals surface area contributed by atoms with E-state index in [4.69, 9.17) is 14.2 Å². The minimum atomic E-state index is 0.221. The van der Waals surface area contributed by atoms with E-state index in [1.54, 1.807) is 0 Å². The van der Waals surface area contributed by atoms with Gasteiger partial charge in [0.25, 0.3) is 0 Å². The van der Waals surface area contributed by atoms with Crippen molar-refractivity contribution in [1.29, 1.82) is 0 Å². The number of benzene rings is 2. The van der Waals surface area contributed by atoms with E-state index in [0.29, 0.717) is 12.5 Å². The molecule has 2 aliphatic rings. The summed E-state index contributed by atoms with van der Waals surface area (Å²) in [7, 11) is 0. The summed E-state index contributed by atoms with van der Waals surface area (Å²) in [6.07, 6.45) is 5.46. The molecule has 2 aliphatic heterocycles. The maximum absolute atomic E-state index is 11.3. The Labute approximate surface area is 178 Å². The van der Waals surface area contributed by atoms with Crippen LogP contribution in [-0.4, -0.2) is 37.7 Å². The molecule has 0 N–H and O–H groups in total. The minimum absolute atomic E-state index is 0.221. The van der Waals surface area contributed by atoms with Gasteiger partial charge in [0.15, 0.2) is 11.5 Å². The van der Waals surface area contributed by atoms with Gasteiger partial charge < -0.3 is 19.0 Å². The zero-order valence-corrected chi connectivity index (χ0v) is 17.9. The van der Waals surface area contributed by atoms with Crippen molar-refractivity contribution in [3.8, 4) is 17.2 Å². The highest BCUT2D eigenvalue weighted by molar-refractivity contribution is 5.54. The van der Waals surface area contributed by atoms with E-state index in [9.17, 15) is 4.79 Å². The standard InChI is InChI=1S/C25H31NO4/c1-3-4-5-14-28-21-8-6-19(7-9-21)23-15-20(16-26(23)12-13-27)22-10-11-24-25(18(22)2)30-17-29-24/h6-11,13,20,23H,3-5,12,14-17H2,1-2H3. The topological polar surface area (TPSA) is 48.0 Å². The molecule has 0 saturated carbocycles. The van der Waals surface area contributed by atoms with Crippen LogP contribution in [0.5, 0.6) is 17.2 Å². The average molecular weight is 410 g/mol. The molecule has 5 heteroatoms. The summed E-state index contributed by atoms with van der Waals surface area (Å²) in [5.41, 5.74) is 3.67. The van der Waals surface area contributed by atoms with Gasteiger partial charge in [-0.1, -0.05) is 38.0 Å². The van der Waals surface area contributed by atoms with Gasteiger partial charge in [-0.15, -0.1) is 0 Å². The first kappa shape index (κ1) is 20.7. The number of nitrogens with zero attached hydrogens (tertiary/aromatic N) is 1. The molecule has 2 aromatic rings. The number of carbonyl (C=O) groups is 1. The minimum Gasteiger partial charge on any atom is -0.494 e. The van der Waals surface area contributed by atoms with Gasteiger partial charge in [-0.25, -0.2) is 0 Å². The van der Waals surface area contributed by atoms with Crippen LogP contribution in [0.4, 0.5) is 0 Å². The van der Waals surface area contributed by atoms with Crippen molar-refractivity contribution >= 4 is 6.29 Å². The summed E-state index contributed by atoms with van der Waals surface area (Å²) in [6, 6.07) is 12.8. The normalized spacial score (nSPS) is 20.5. The fraction of sp³-hybridized carbons (Fsp3) is 0.480. The molecule has 4 rings (SSSR count). The van der Waals surface area contributed by atoms with Crippen molar-refractivity contribution in [3.63, 3.8) is 0 Å². The largest absolute Gasteiger partial charge is 0.494 e. The number of unbranched alkanes of at least 4 members (excludes halogenated alkanes) is 2. The van der Waals surface area contributed by atoms with Crippen LogP contribution in [-0.2, 0) is 4.79 Å². The predicted molar refractivity (Wildman–Crippen MR) is 117 cm³/mol. The maximum atomic E-state index is 11.3. The Hall–Kier alpha value is -2.53. The molecule has 160 valence electrons. The van der Waals surface area contributed by atoms with Gasteiger partial charge >= 0.3 is 0 Å². The van der Waals surface area contributed by atoms with E-state index >= 15 is 0 Å². The Morgan fingerprint density at radius 2 is 1.97 bits per heavy atom. The Kier molecular flexibility index (Phi) is 6.58. The van der Waals surface area contributed by atoms with Crippen LogP contribution in [0.15, 0.2) is 36.4 Å². The predicted octanol–water partition coefficient (Wildman–Crippen LogP) is 5.02. The van der Waals surface area contributed by atoms with Crippen LogP contribution in [0.1, 0.15) is 61.3 Å². The van der Waals surface area contributed by atoms with Gasteiger partial charge in [-0.2, -0.15) is 0 Å². The van der Waals surface area contributed by atoms with Crippen molar-refractivity contribution in [2.45, 2.75) is 51.5 Å². The smallest absolute Gasteiger partial charge is 0.231 e. The quantitative estimate of drug-likeness (QED) is 0.430. The molecular weight excluding hydrogens is 378 g/mol. The van der Waals surface area contributed by atoms with Crippen LogP contribution >= 0.6 is 0 Å². The molecule has 0 bridgehead atoms. The first-order valence-corrected chi connectivity index (χ1v) is 11.0. The summed E-state index contributed by atoms with van der Waals surface area (Å²) < 4.78 is 17.0. The molecule has 2 heterocycles. The number of rotatable bonds is 9. The Morgan fingerprint density at radius 1 is 1.13 bits per heavy atom. The fourth-order valence-corrected chi connectivity index (χ4v) is 4.67. The third-order valence-electron chi connectivity index (χ3n) is 6.26. The third-order valence-corrected chi connectivity index (χ3v) is 6.26. The van der Waals surface area contributed by atoms with Crippen molar-refractivity contribution in [3.05, 3.63) is 53.1 Å². The number of hydrogen-bond donors (Lipinski definition) is 0. The number of aldehydes is 1. The second-order valence-corrected chi connectivity index (χ2v) is 8.21. The van der Waals surface area contributed by atoms with Crippen molar-refractivity contribution < 1.29 is 19.0 Å². The van der Waals surface area contributed by atoms with Crippen LogP contribution in [0.3, 0.4) is 0 Å². The SMILES string of the molecule is CCCCCOc1ccc(C2CC(c3ccc4c(c3C)OCO4)CN2CC=O)cc1. The molecule has 1 saturated heterocycles. The average Bonchev–Trinajstić information content (AvgIpc) is 3.40. The van der Waals surface area contributed by atoms with E-state index in [0.717, 1.165) is 55.1 Å². The fourth-order valence-electron chi connectivity index (χ4n) is 4.67. The Bertz CT molecular complexity index is 864. The highest BCUT2D eigenvalue weighted by Gasteiger charge is 2.35. The van der Waals surface area contributed by atoms with Crippen molar-refractivity contribution in [2.75, 3.05) is 26.5 Å². The first-order chi connectivity index (χ1) is 14.7. The van der Waals surface area contributed by atoms with Crippen LogP contribution in [0, 0.1) is 6.92 Å². The highest BCUT2D eigenvalue weighted by Crippen LogP contribution is 2.45. The summed E-state index contributed by atoms with van der Waals surface area (Å²) in [4.78, 5) is 13.6. The molecule has 0 amide bonds. The second-order valence-electron chi connectivity index (χ2n) is 8.21. The molecule has 0 aliphatic carbocycles. The summed E-state index contributed by atoms with van der Waals surface area (Å²) >= 11 is 0. The number of fused-ring (bicyclic) bond motifs is 1. The summed E-state index contributed by atoms with van der Waals surface area (Å²) in [5, 5.41) is 0. The van der Waals surface area contributed by atoms with E-state index in [1.165, 1.54) is 24.0 Å². The highest BCUT2D eigenvalue weighted by atomic mass is 16.7. The zero-order chi connectivity index (χ0) is 20.9. The molecular formula is C25H31NO4. The number of ether oxygens (including phenoxy) is 3. The molecule has 5 nitrogen and oxygen atoms in total. The first-order valence-electron chi connectivity index (χ1n) is 11.0. The lowest BCUT2D eigenvalue weighted by molar-refractivity contribution is -0.109. The van der Waals surface area contributed by atoms with Gasteiger partial charge in [0.1, 0.15) is 12.0 Å². The van der Waals surface area contributed by atoms with E-state index in [-0.39, 0.29) is 12.8 Å². The zero-order valence-electron chi connectivity index (χ0n) is 17.9. The van der Waals surface area contributed by atoms with Gasteiger partial charge in [-0.3, -0.25) is 4.90 Å². The van der Waals surface area contributed by atoms with Gasteiger partial charge in [-0.05, 0) is 60.6 Å². The Balaban J connectivity index is 1.48. The van der Waals surface area contributed by atoms with Gasteiger partial charge in [0, 0.05) is 12.6 Å². The summed E-state index contributed by atoms with van der Waals surface area (Å²) in [5.74, 6) is 2.96. The number of hydrogen-bond acceptors (Lipinski definition) is 5. The van der Waals surface area contributed by atoms with Crippen LogP contribution < -0.4 is 14.2 Å². The molecule has 30 heavy (non-hydrogen) atoms. The molecule has 2 unspecified atom stereocenters. The van der Waals surface area contributed by atoms with Gasteiger partial charge in [0.05, 0.1) is 13.2 Å². The summed E-state index contributed by atoms with van der Waals surface area (Å²) in [6.45, 7) is 6.65. The lowest BCUT2D eigenvalue weighted by Crippen LogP contribution is -2.25. The monoisotopic (exact) mass is 409 g/mol. The number of likely N-dealkylation sites (tertiary alicyclic amines) is 1. The lowest BCUT2D eigenvalue weighted by atomic mass is 9.90. The third kappa shape index (κ3) is 4.31. The molecule has 0 radical (unpaired) electrons. The molecule has 2 aromatic carbocycles. The van der Waals surface area contributed by atoms with Crippen LogP contribution in [0.25, 0.3) is 0 Å². The van der Waals surface area contributed by atoms with E-state index in [2.05, 4.69) is 49.1 Å². The lowest BCUT2D eigenvalue weighted by Gasteiger charge is -2.22. The molecule has 0 spiro atoms. The van der Waals surface area contributed by atoms with Crippen molar-refractivity contribution in [2.24, 2.45) is 0 Å². The van der Waals surface area contributed by atoms with Crippen molar-refractivity contribution in [1.82, 2.24) is 4.90 Å². The van der Waals surface area contributed by atoms with Gasteiger partial charge in [0.2, 0.25) is 6.79 Å². The number of carbonyl (C=O) groups excluding carboxylic acids is 1. The molecule has 2 atom stereocenters. The molecule has 1 fully saturated rings. The van der Waals surface area contributed by atoms with E-state index < -0.39 is 0 Å². The Morgan fingerprint density at radius 3 is 2.73 bits per heavy atom. The maximum Gasteiger partial charge on any atom is 0.231 e. The molecule has 0 aromatic heterocycles.